The van der Waals surface area contributed by atoms with Crippen LogP contribution in [0.4, 0.5) is 18.9 Å². The zero-order valence-corrected chi connectivity index (χ0v) is 14.5. The first-order valence-corrected chi connectivity index (χ1v) is 8.12. The van der Waals surface area contributed by atoms with Crippen LogP contribution >= 0.6 is 0 Å². The number of rotatable bonds is 3. The van der Waals surface area contributed by atoms with Crippen LogP contribution < -0.4 is 11.3 Å². The van der Waals surface area contributed by atoms with Crippen molar-refractivity contribution < 1.29 is 27.2 Å². The smallest absolute Gasteiger partial charge is 0.397 e. The molecule has 1 aromatic heterocycles. The van der Waals surface area contributed by atoms with E-state index in [-0.39, 0.29) is 16.6 Å². The number of aliphatic hydroxyl groups is 1. The zero-order chi connectivity index (χ0) is 23.3. The van der Waals surface area contributed by atoms with Crippen LogP contribution in [-0.4, -0.2) is 15.5 Å². The summed E-state index contributed by atoms with van der Waals surface area (Å²) >= 11 is 0. The van der Waals surface area contributed by atoms with Crippen LogP contribution in [0.2, 0.25) is 0 Å². The first-order valence-electron chi connectivity index (χ1n) is 9.62. The lowest BCUT2D eigenvalue weighted by Gasteiger charge is -2.17. The number of anilines is 1. The fourth-order valence-electron chi connectivity index (χ4n) is 2.97. The monoisotopic (exact) mass is 393 g/mol. The number of Topliss-reactive ketones (excluding diaryl/α,β-unsaturated/α-hetero) is 1. The summed E-state index contributed by atoms with van der Waals surface area (Å²) in [4.78, 5) is 25.6. The van der Waals surface area contributed by atoms with Gasteiger partial charge in [0, 0.05) is 15.2 Å². The number of nitrogens with zero attached hydrogens (tertiary/aromatic N) is 1. The van der Waals surface area contributed by atoms with Crippen LogP contribution in [-0.2, 0) is 6.18 Å². The fraction of sp³-hybridized carbons (Fsp3) is 0.200. The standard InChI is InChI=1S/C20H17F3N2O3/c1-10(26)12-3-6-14(7-4-12)25-16-9-13(20(21,22)23)5-8-15(16)18(24)17(11(2)27)19(25)28/h3-10,26H,24H2,1-2H3/t10-/m1/s1/i2D3. The van der Waals surface area contributed by atoms with Crippen molar-refractivity contribution in [1.82, 2.24) is 4.57 Å². The van der Waals surface area contributed by atoms with Gasteiger partial charge in [-0.05, 0) is 43.6 Å². The Kier molecular flexibility index (Phi) is 3.85. The summed E-state index contributed by atoms with van der Waals surface area (Å²) in [7, 11) is 0. The van der Waals surface area contributed by atoms with Gasteiger partial charge in [0.15, 0.2) is 5.78 Å². The van der Waals surface area contributed by atoms with E-state index in [4.69, 9.17) is 9.85 Å². The molecule has 8 heteroatoms. The molecule has 2 aromatic carbocycles. The zero-order valence-electron chi connectivity index (χ0n) is 17.5. The van der Waals surface area contributed by atoms with Crippen molar-refractivity contribution in [1.29, 1.82) is 0 Å². The fourth-order valence-corrected chi connectivity index (χ4v) is 2.97. The predicted molar refractivity (Wildman–Crippen MR) is 99.6 cm³/mol. The number of halogens is 3. The number of carbonyl (C=O) groups is 1. The molecule has 0 aliphatic carbocycles. The normalized spacial score (nSPS) is 15.0. The van der Waals surface area contributed by atoms with Crippen LogP contribution in [0.3, 0.4) is 0 Å². The van der Waals surface area contributed by atoms with Gasteiger partial charge in [-0.2, -0.15) is 13.2 Å². The number of ketones is 1. The first kappa shape index (κ1) is 15.9. The molecule has 146 valence electrons. The number of fused-ring (bicyclic) bond motifs is 1. The second-order valence-electron chi connectivity index (χ2n) is 6.26. The lowest BCUT2D eigenvalue weighted by molar-refractivity contribution is -0.137. The van der Waals surface area contributed by atoms with E-state index in [9.17, 15) is 27.9 Å². The number of nitrogens with two attached hydrogens (primary N) is 1. The van der Waals surface area contributed by atoms with Gasteiger partial charge in [0.25, 0.3) is 5.56 Å². The second kappa shape index (κ2) is 6.79. The largest absolute Gasteiger partial charge is 0.416 e. The minimum atomic E-state index is -4.72. The van der Waals surface area contributed by atoms with E-state index >= 15 is 0 Å². The topological polar surface area (TPSA) is 85.3 Å². The van der Waals surface area contributed by atoms with Crippen molar-refractivity contribution in [2.45, 2.75) is 26.1 Å². The number of alkyl halides is 3. The number of aromatic nitrogens is 1. The highest BCUT2D eigenvalue weighted by Crippen LogP contribution is 2.34. The number of pyridine rings is 1. The maximum Gasteiger partial charge on any atom is 0.416 e. The molecular weight excluding hydrogens is 373 g/mol. The number of hydrogen-bond acceptors (Lipinski definition) is 4. The van der Waals surface area contributed by atoms with E-state index in [0.29, 0.717) is 11.6 Å². The molecule has 0 spiro atoms. The summed E-state index contributed by atoms with van der Waals surface area (Å²) in [6.07, 6.45) is -5.55. The Bertz CT molecular complexity index is 1230. The summed E-state index contributed by atoms with van der Waals surface area (Å²) in [5, 5.41) is 9.58. The third-order valence-corrected chi connectivity index (χ3v) is 4.40. The van der Waals surface area contributed by atoms with Gasteiger partial charge < -0.3 is 10.8 Å². The molecule has 0 saturated heterocycles. The van der Waals surface area contributed by atoms with E-state index in [0.717, 1.165) is 16.7 Å². The molecule has 0 saturated carbocycles. The van der Waals surface area contributed by atoms with Gasteiger partial charge >= 0.3 is 6.18 Å². The summed E-state index contributed by atoms with van der Waals surface area (Å²) in [5.41, 5.74) is 2.64. The van der Waals surface area contributed by atoms with Crippen molar-refractivity contribution in [3.05, 3.63) is 69.5 Å². The van der Waals surface area contributed by atoms with Gasteiger partial charge in [-0.1, -0.05) is 18.2 Å². The molecule has 3 rings (SSSR count). The molecular formula is C20H17F3N2O3. The SMILES string of the molecule is [2H]C([2H])([2H])C(=O)c1c(N)c2ccc(C(F)(F)F)cc2n(-c2ccc([C@@H](C)O)cc2)c1=O. The van der Waals surface area contributed by atoms with E-state index < -0.39 is 47.3 Å². The van der Waals surface area contributed by atoms with Gasteiger partial charge in [-0.3, -0.25) is 14.2 Å². The van der Waals surface area contributed by atoms with E-state index in [1.54, 1.807) is 0 Å². The van der Waals surface area contributed by atoms with Crippen LogP contribution in [0.15, 0.2) is 47.3 Å². The number of nitrogen functional groups attached to an aromatic ring is 1. The number of benzene rings is 2. The van der Waals surface area contributed by atoms with Crippen molar-refractivity contribution in [2.75, 3.05) is 5.73 Å². The Hall–Kier alpha value is -3.13. The highest BCUT2D eigenvalue weighted by molar-refractivity contribution is 6.06. The molecule has 1 atom stereocenters. The quantitative estimate of drug-likeness (QED) is 0.662. The average Bonchev–Trinajstić information content (AvgIpc) is 2.66. The van der Waals surface area contributed by atoms with Gasteiger partial charge in [-0.15, -0.1) is 0 Å². The molecule has 28 heavy (non-hydrogen) atoms. The van der Waals surface area contributed by atoms with Crippen LogP contribution in [0.25, 0.3) is 16.6 Å². The van der Waals surface area contributed by atoms with Crippen molar-refractivity contribution in [3.8, 4) is 5.69 Å². The third kappa shape index (κ3) is 3.27. The maximum atomic E-state index is 13.3. The van der Waals surface area contributed by atoms with Crippen molar-refractivity contribution >= 4 is 22.4 Å². The highest BCUT2D eigenvalue weighted by atomic mass is 19.4. The minimum absolute atomic E-state index is 0.0679. The molecule has 0 aliphatic heterocycles. The summed E-state index contributed by atoms with van der Waals surface area (Å²) < 4.78 is 62.7. The number of aliphatic hydroxyl groups excluding tert-OH is 1. The Balaban J connectivity index is 2.46. The summed E-state index contributed by atoms with van der Waals surface area (Å²) in [6.45, 7) is -1.68. The Labute approximate surface area is 162 Å². The Morgan fingerprint density at radius 1 is 1.21 bits per heavy atom. The summed E-state index contributed by atoms with van der Waals surface area (Å²) in [5.74, 6) is -1.51. The van der Waals surface area contributed by atoms with Gasteiger partial charge in [0.1, 0.15) is 5.56 Å². The number of carbonyl (C=O) groups excluding carboxylic acids is 1. The second-order valence-corrected chi connectivity index (χ2v) is 6.26. The molecule has 0 bridgehead atoms. The average molecular weight is 393 g/mol. The molecule has 3 aromatic rings. The maximum absolute atomic E-state index is 13.3. The lowest BCUT2D eigenvalue weighted by atomic mass is 10.0. The minimum Gasteiger partial charge on any atom is -0.397 e. The molecule has 0 aliphatic rings. The van der Waals surface area contributed by atoms with Gasteiger partial charge in [0.05, 0.1) is 22.9 Å². The van der Waals surface area contributed by atoms with E-state index in [2.05, 4.69) is 0 Å². The van der Waals surface area contributed by atoms with Crippen molar-refractivity contribution in [3.63, 3.8) is 0 Å². The first-order chi connectivity index (χ1) is 14.2. The van der Waals surface area contributed by atoms with E-state index in [1.807, 2.05) is 0 Å². The summed E-state index contributed by atoms with van der Waals surface area (Å²) in [6, 6.07) is 8.06. The Morgan fingerprint density at radius 3 is 2.39 bits per heavy atom. The molecule has 0 amide bonds. The van der Waals surface area contributed by atoms with Gasteiger partial charge in [-0.25, -0.2) is 0 Å². The van der Waals surface area contributed by atoms with E-state index in [1.165, 1.54) is 31.2 Å². The Morgan fingerprint density at radius 2 is 1.86 bits per heavy atom. The molecule has 5 nitrogen and oxygen atoms in total. The third-order valence-electron chi connectivity index (χ3n) is 4.40. The number of hydrogen-bond donors (Lipinski definition) is 2. The lowest BCUT2D eigenvalue weighted by Crippen LogP contribution is -2.27. The van der Waals surface area contributed by atoms with Gasteiger partial charge in [0.2, 0.25) is 0 Å². The highest BCUT2D eigenvalue weighted by Gasteiger charge is 2.31. The molecule has 3 N–H and O–H groups in total. The molecule has 1 heterocycles. The van der Waals surface area contributed by atoms with Crippen LogP contribution in [0, 0.1) is 0 Å². The molecule has 0 unspecified atom stereocenters. The van der Waals surface area contributed by atoms with Crippen LogP contribution in [0.5, 0.6) is 0 Å². The predicted octanol–water partition coefficient (Wildman–Crippen LogP) is 3.85. The molecule has 0 radical (unpaired) electrons. The van der Waals surface area contributed by atoms with Crippen molar-refractivity contribution in [2.24, 2.45) is 0 Å². The van der Waals surface area contributed by atoms with Crippen LogP contribution in [0.1, 0.15) is 45.5 Å². The molecule has 0 fully saturated rings.